The first-order chi connectivity index (χ1) is 13.2. The summed E-state index contributed by atoms with van der Waals surface area (Å²) in [5.41, 5.74) is 3.18. The molecule has 138 valence electrons. The second-order valence-corrected chi connectivity index (χ2v) is 7.51. The summed E-state index contributed by atoms with van der Waals surface area (Å²) < 4.78 is 2.01. The average Bonchev–Trinajstić information content (AvgIpc) is 3.03. The molecule has 0 saturated carbocycles. The lowest BCUT2D eigenvalue weighted by molar-refractivity contribution is -0.135. The minimum Gasteiger partial charge on any atom is -0.317 e. The van der Waals surface area contributed by atoms with Crippen molar-refractivity contribution in [3.05, 3.63) is 42.1 Å². The van der Waals surface area contributed by atoms with Gasteiger partial charge in [-0.1, -0.05) is 6.07 Å². The largest absolute Gasteiger partial charge is 0.317 e. The van der Waals surface area contributed by atoms with Crippen molar-refractivity contribution in [3.63, 3.8) is 0 Å². The molecule has 0 radical (unpaired) electrons. The number of piperidine rings is 2. The van der Waals surface area contributed by atoms with Crippen LogP contribution in [0, 0.1) is 0 Å². The Morgan fingerprint density at radius 1 is 1.04 bits per heavy atom. The third-order valence-electron chi connectivity index (χ3n) is 5.92. The van der Waals surface area contributed by atoms with Gasteiger partial charge in [0.1, 0.15) is 11.7 Å². The molecule has 0 aliphatic carbocycles. The highest BCUT2D eigenvalue weighted by atomic mass is 16.2. The molecule has 3 aromatic rings. The summed E-state index contributed by atoms with van der Waals surface area (Å²) in [5.74, 6) is 0.137. The summed E-state index contributed by atoms with van der Waals surface area (Å²) in [7, 11) is 0. The van der Waals surface area contributed by atoms with Gasteiger partial charge in [-0.2, -0.15) is 0 Å². The number of amides is 2. The number of benzene rings is 1. The fourth-order valence-corrected chi connectivity index (χ4v) is 4.55. The van der Waals surface area contributed by atoms with E-state index >= 15 is 0 Å². The summed E-state index contributed by atoms with van der Waals surface area (Å²) >= 11 is 0. The maximum absolute atomic E-state index is 12.5. The molecule has 1 atom stereocenters. The number of pyridine rings is 1. The Hall–Kier alpha value is -2.73. The zero-order valence-electron chi connectivity index (χ0n) is 15.1. The molecule has 2 aromatic heterocycles. The van der Waals surface area contributed by atoms with Crippen LogP contribution in [0.5, 0.6) is 0 Å². The monoisotopic (exact) mass is 362 g/mol. The minimum atomic E-state index is -0.401. The molecule has 2 saturated heterocycles. The second-order valence-electron chi connectivity index (χ2n) is 7.51. The van der Waals surface area contributed by atoms with Crippen LogP contribution >= 0.6 is 0 Å². The second kappa shape index (κ2) is 6.46. The van der Waals surface area contributed by atoms with Crippen LogP contribution in [0.3, 0.4) is 0 Å². The lowest BCUT2D eigenvalue weighted by Crippen LogP contribution is -2.41. The van der Waals surface area contributed by atoms with E-state index in [1.165, 1.54) is 5.56 Å². The number of nitrogens with one attached hydrogen (secondary N) is 2. The Kier molecular flexibility index (Phi) is 3.93. The maximum Gasteiger partial charge on any atom is 0.249 e. The van der Waals surface area contributed by atoms with Gasteiger partial charge in [0, 0.05) is 23.4 Å². The lowest BCUT2D eigenvalue weighted by atomic mass is 9.89. The number of aromatic nitrogens is 2. The number of hydrogen-bond acceptors (Lipinski definition) is 4. The summed E-state index contributed by atoms with van der Waals surface area (Å²) in [4.78, 5) is 28.7. The zero-order valence-corrected chi connectivity index (χ0v) is 15.1. The summed E-state index contributed by atoms with van der Waals surface area (Å²) in [5, 5.41) is 8.10. The number of carbonyl (C=O) groups is 2. The van der Waals surface area contributed by atoms with Gasteiger partial charge in [0.05, 0.1) is 5.52 Å². The van der Waals surface area contributed by atoms with Gasteiger partial charge in [-0.05, 0) is 68.1 Å². The topological polar surface area (TPSA) is 76.0 Å². The van der Waals surface area contributed by atoms with Crippen molar-refractivity contribution >= 4 is 33.8 Å². The third-order valence-corrected chi connectivity index (χ3v) is 5.92. The van der Waals surface area contributed by atoms with Gasteiger partial charge in [0.15, 0.2) is 0 Å². The van der Waals surface area contributed by atoms with Crippen molar-refractivity contribution in [1.82, 2.24) is 20.2 Å². The van der Waals surface area contributed by atoms with Crippen molar-refractivity contribution in [1.29, 1.82) is 0 Å². The first kappa shape index (κ1) is 16.4. The number of nitrogens with zero attached hydrogens (tertiary/aromatic N) is 2. The van der Waals surface area contributed by atoms with Gasteiger partial charge in [0.2, 0.25) is 11.8 Å². The first-order valence-corrected chi connectivity index (χ1v) is 9.65. The fourth-order valence-electron chi connectivity index (χ4n) is 4.55. The van der Waals surface area contributed by atoms with Gasteiger partial charge in [0.25, 0.3) is 0 Å². The molecule has 2 aliphatic heterocycles. The van der Waals surface area contributed by atoms with E-state index in [-0.39, 0.29) is 11.8 Å². The Morgan fingerprint density at radius 2 is 1.89 bits per heavy atom. The summed E-state index contributed by atoms with van der Waals surface area (Å²) in [6.45, 7) is 2.12. The number of rotatable bonds is 2. The van der Waals surface area contributed by atoms with E-state index < -0.39 is 6.04 Å². The lowest BCUT2D eigenvalue weighted by Gasteiger charge is -2.24. The van der Waals surface area contributed by atoms with Gasteiger partial charge >= 0.3 is 0 Å². The smallest absolute Gasteiger partial charge is 0.249 e. The van der Waals surface area contributed by atoms with E-state index in [1.54, 1.807) is 6.20 Å². The van der Waals surface area contributed by atoms with Crippen LogP contribution in [0.25, 0.3) is 21.9 Å². The van der Waals surface area contributed by atoms with Crippen molar-refractivity contribution < 1.29 is 9.59 Å². The van der Waals surface area contributed by atoms with Crippen LogP contribution in [0.2, 0.25) is 0 Å². The van der Waals surface area contributed by atoms with E-state index in [9.17, 15) is 9.59 Å². The van der Waals surface area contributed by atoms with Crippen molar-refractivity contribution in [2.45, 2.75) is 37.6 Å². The molecule has 2 fully saturated rings. The molecule has 6 nitrogen and oxygen atoms in total. The highest BCUT2D eigenvalue weighted by Gasteiger charge is 2.31. The molecule has 5 rings (SSSR count). The molecule has 1 aromatic carbocycles. The maximum atomic E-state index is 12.5. The molecule has 2 N–H and O–H groups in total. The molecule has 4 heterocycles. The number of hydrogen-bond donors (Lipinski definition) is 2. The standard InChI is InChI=1S/C21H22N4O2/c26-19-6-5-18(21(27)24-19)25-17-4-3-14(13-7-10-22-11-8-13)12-16(17)15-2-1-9-23-20(15)25/h1-4,9,12-13,18,22H,5-8,10-11H2,(H,24,26,27). The number of carbonyl (C=O) groups excluding carboxylic acids is 2. The Balaban J connectivity index is 1.68. The average molecular weight is 362 g/mol. The molecule has 2 amide bonds. The van der Waals surface area contributed by atoms with Crippen molar-refractivity contribution in [2.75, 3.05) is 13.1 Å². The van der Waals surface area contributed by atoms with Gasteiger partial charge < -0.3 is 9.88 Å². The van der Waals surface area contributed by atoms with Crippen molar-refractivity contribution in [3.8, 4) is 0 Å². The van der Waals surface area contributed by atoms with E-state index in [4.69, 9.17) is 0 Å². The molecular weight excluding hydrogens is 340 g/mol. The summed E-state index contributed by atoms with van der Waals surface area (Å²) in [6, 6.07) is 10.2. The Labute approximate surface area is 156 Å². The third kappa shape index (κ3) is 2.72. The fraction of sp³-hybridized carbons (Fsp3) is 0.381. The molecule has 0 spiro atoms. The highest BCUT2D eigenvalue weighted by molar-refractivity contribution is 6.09. The van der Waals surface area contributed by atoms with Crippen LogP contribution in [0.1, 0.15) is 43.2 Å². The van der Waals surface area contributed by atoms with Crippen LogP contribution in [0.15, 0.2) is 36.5 Å². The molecule has 0 bridgehead atoms. The predicted octanol–water partition coefficient (Wildman–Crippen LogP) is 2.63. The van der Waals surface area contributed by atoms with Crippen LogP contribution in [-0.4, -0.2) is 34.5 Å². The minimum absolute atomic E-state index is 0.196. The van der Waals surface area contributed by atoms with Gasteiger partial charge in [-0.25, -0.2) is 4.98 Å². The summed E-state index contributed by atoms with van der Waals surface area (Å²) in [6.07, 6.45) is 4.93. The van der Waals surface area contributed by atoms with E-state index in [0.717, 1.165) is 47.9 Å². The Morgan fingerprint density at radius 3 is 2.70 bits per heavy atom. The quantitative estimate of drug-likeness (QED) is 0.687. The van der Waals surface area contributed by atoms with Crippen molar-refractivity contribution in [2.24, 2.45) is 0 Å². The number of fused-ring (bicyclic) bond motifs is 3. The van der Waals surface area contributed by atoms with E-state index in [1.807, 2.05) is 10.6 Å². The predicted molar refractivity (Wildman–Crippen MR) is 104 cm³/mol. The van der Waals surface area contributed by atoms with Gasteiger partial charge in [-0.15, -0.1) is 0 Å². The zero-order chi connectivity index (χ0) is 18.4. The van der Waals surface area contributed by atoms with Gasteiger partial charge in [-0.3, -0.25) is 14.9 Å². The molecule has 2 aliphatic rings. The van der Waals surface area contributed by atoms with Crippen LogP contribution in [-0.2, 0) is 9.59 Å². The molecule has 1 unspecified atom stereocenters. The Bertz CT molecular complexity index is 1050. The van der Waals surface area contributed by atoms with E-state index in [0.29, 0.717) is 18.8 Å². The van der Waals surface area contributed by atoms with Crippen LogP contribution < -0.4 is 10.6 Å². The first-order valence-electron chi connectivity index (χ1n) is 9.65. The van der Waals surface area contributed by atoms with E-state index in [2.05, 4.69) is 39.9 Å². The molecule has 6 heteroatoms. The number of imide groups is 1. The molecule has 27 heavy (non-hydrogen) atoms. The normalized spacial score (nSPS) is 21.7. The van der Waals surface area contributed by atoms with Crippen LogP contribution in [0.4, 0.5) is 0 Å². The highest BCUT2D eigenvalue weighted by Crippen LogP contribution is 2.36. The molecular formula is C21H22N4O2. The SMILES string of the molecule is O=C1CCC(n2c3ccc(C4CCNCC4)cc3c3cccnc32)C(=O)N1.